The molecule has 1 aliphatic heterocycles. The minimum Gasteiger partial charge on any atom is -0.444 e. The first-order chi connectivity index (χ1) is 11.5. The number of carbonyl (C=O) groups is 1. The fourth-order valence-electron chi connectivity index (χ4n) is 2.45. The van der Waals surface area contributed by atoms with Gasteiger partial charge in [0.05, 0.1) is 5.92 Å². The Bertz CT molecular complexity index is 812. The molecule has 1 aromatic carbocycles. The molecule has 1 saturated heterocycles. The number of hydrogen-bond acceptors (Lipinski definition) is 6. The Hall–Kier alpha value is -1.83. The van der Waals surface area contributed by atoms with Crippen molar-refractivity contribution in [3.05, 3.63) is 40.8 Å². The second-order valence-corrected chi connectivity index (χ2v) is 7.39. The predicted molar refractivity (Wildman–Crippen MR) is 94.5 cm³/mol. The number of nitrogens with two attached hydrogens (primary N) is 1. The van der Waals surface area contributed by atoms with Gasteiger partial charge in [-0.05, 0) is 30.1 Å². The SMILES string of the molecule is CC(C)C(=O)OCn1ccc2c(SN3CC(N)C3)cccc2c1=O. The van der Waals surface area contributed by atoms with Crippen molar-refractivity contribution in [1.82, 2.24) is 8.87 Å². The molecular formula is C17H21N3O3S. The Morgan fingerprint density at radius 2 is 2.08 bits per heavy atom. The van der Waals surface area contributed by atoms with E-state index in [-0.39, 0.29) is 30.2 Å². The molecule has 1 aromatic heterocycles. The summed E-state index contributed by atoms with van der Waals surface area (Å²) in [7, 11) is 0. The van der Waals surface area contributed by atoms with Crippen LogP contribution in [0.1, 0.15) is 13.8 Å². The van der Waals surface area contributed by atoms with Gasteiger partial charge in [-0.25, -0.2) is 4.31 Å². The van der Waals surface area contributed by atoms with Crippen molar-refractivity contribution in [2.75, 3.05) is 13.1 Å². The highest BCUT2D eigenvalue weighted by atomic mass is 32.2. The summed E-state index contributed by atoms with van der Waals surface area (Å²) in [5, 5.41) is 1.52. The first kappa shape index (κ1) is 17.0. The molecule has 0 amide bonds. The Labute approximate surface area is 144 Å². The highest BCUT2D eigenvalue weighted by Crippen LogP contribution is 2.31. The Balaban J connectivity index is 1.84. The minimum absolute atomic E-state index is 0.0653. The molecule has 2 heterocycles. The van der Waals surface area contributed by atoms with E-state index in [1.54, 1.807) is 38.1 Å². The van der Waals surface area contributed by atoms with E-state index < -0.39 is 0 Å². The van der Waals surface area contributed by atoms with Crippen LogP contribution in [0, 0.1) is 5.92 Å². The number of pyridine rings is 1. The summed E-state index contributed by atoms with van der Waals surface area (Å²) >= 11 is 1.62. The number of benzene rings is 1. The van der Waals surface area contributed by atoms with Crippen LogP contribution in [0.5, 0.6) is 0 Å². The number of fused-ring (bicyclic) bond motifs is 1. The molecule has 128 valence electrons. The fourth-order valence-corrected chi connectivity index (χ4v) is 3.68. The van der Waals surface area contributed by atoms with Crippen LogP contribution in [-0.4, -0.2) is 34.0 Å². The maximum atomic E-state index is 12.6. The molecule has 0 atom stereocenters. The van der Waals surface area contributed by atoms with E-state index in [4.69, 9.17) is 10.5 Å². The lowest BCUT2D eigenvalue weighted by Gasteiger charge is -2.35. The van der Waals surface area contributed by atoms with Gasteiger partial charge in [0.15, 0.2) is 6.73 Å². The molecule has 3 rings (SSSR count). The first-order valence-electron chi connectivity index (χ1n) is 7.93. The quantitative estimate of drug-likeness (QED) is 0.656. The maximum Gasteiger partial charge on any atom is 0.310 e. The number of esters is 1. The van der Waals surface area contributed by atoms with Crippen molar-refractivity contribution >= 4 is 28.7 Å². The second-order valence-electron chi connectivity index (χ2n) is 6.25. The average molecular weight is 347 g/mol. The van der Waals surface area contributed by atoms with Gasteiger partial charge in [0.2, 0.25) is 0 Å². The van der Waals surface area contributed by atoms with Crippen LogP contribution in [0.2, 0.25) is 0 Å². The molecule has 6 nitrogen and oxygen atoms in total. The summed E-state index contributed by atoms with van der Waals surface area (Å²) in [5.74, 6) is -0.535. The minimum atomic E-state index is -0.319. The van der Waals surface area contributed by atoms with E-state index in [9.17, 15) is 9.59 Å². The van der Waals surface area contributed by atoms with E-state index in [0.29, 0.717) is 5.39 Å². The van der Waals surface area contributed by atoms with E-state index in [0.717, 1.165) is 23.4 Å². The highest BCUT2D eigenvalue weighted by Gasteiger charge is 2.24. The third kappa shape index (κ3) is 3.48. The van der Waals surface area contributed by atoms with Crippen LogP contribution in [0.4, 0.5) is 0 Å². The number of hydrogen-bond donors (Lipinski definition) is 1. The normalized spacial score (nSPS) is 15.7. The molecule has 0 radical (unpaired) electrons. The van der Waals surface area contributed by atoms with Gasteiger partial charge in [-0.3, -0.25) is 14.2 Å². The summed E-state index contributed by atoms with van der Waals surface area (Å²) in [6, 6.07) is 7.79. The number of nitrogens with zero attached hydrogens (tertiary/aromatic N) is 2. The Kier molecular flexibility index (Phi) is 4.93. The summed E-state index contributed by atoms with van der Waals surface area (Å²) < 4.78 is 8.74. The van der Waals surface area contributed by atoms with Crippen molar-refractivity contribution in [3.8, 4) is 0 Å². The zero-order chi connectivity index (χ0) is 17.3. The lowest BCUT2D eigenvalue weighted by Crippen LogP contribution is -2.51. The van der Waals surface area contributed by atoms with Gasteiger partial charge in [-0.2, -0.15) is 0 Å². The second kappa shape index (κ2) is 6.96. The Morgan fingerprint density at radius 3 is 2.75 bits per heavy atom. The van der Waals surface area contributed by atoms with E-state index in [2.05, 4.69) is 4.31 Å². The first-order valence-corrected chi connectivity index (χ1v) is 8.70. The zero-order valence-corrected chi connectivity index (χ0v) is 14.6. The average Bonchev–Trinajstić information content (AvgIpc) is 2.53. The topological polar surface area (TPSA) is 77.6 Å². The van der Waals surface area contributed by atoms with Gasteiger partial charge in [-0.1, -0.05) is 19.9 Å². The van der Waals surface area contributed by atoms with Gasteiger partial charge in [-0.15, -0.1) is 0 Å². The monoisotopic (exact) mass is 347 g/mol. The molecule has 1 fully saturated rings. The summed E-state index contributed by atoms with van der Waals surface area (Å²) in [6.45, 7) is 5.16. The smallest absolute Gasteiger partial charge is 0.310 e. The molecule has 0 saturated carbocycles. The van der Waals surface area contributed by atoms with Crippen LogP contribution in [0.3, 0.4) is 0 Å². The molecule has 0 bridgehead atoms. The number of carbonyl (C=O) groups excluding carboxylic acids is 1. The molecular weight excluding hydrogens is 326 g/mol. The van der Waals surface area contributed by atoms with Gasteiger partial charge < -0.3 is 10.5 Å². The number of rotatable bonds is 5. The van der Waals surface area contributed by atoms with Gasteiger partial charge in [0, 0.05) is 41.0 Å². The van der Waals surface area contributed by atoms with Crippen LogP contribution < -0.4 is 11.3 Å². The predicted octanol–water partition coefficient (Wildman–Crippen LogP) is 1.81. The molecule has 24 heavy (non-hydrogen) atoms. The third-order valence-corrected chi connectivity index (χ3v) is 5.01. The molecule has 1 aliphatic rings. The van der Waals surface area contributed by atoms with E-state index >= 15 is 0 Å². The molecule has 7 heteroatoms. The summed E-state index contributed by atoms with van der Waals surface area (Å²) in [6.07, 6.45) is 1.67. The lowest BCUT2D eigenvalue weighted by molar-refractivity contribution is -0.151. The van der Waals surface area contributed by atoms with Crippen molar-refractivity contribution in [2.24, 2.45) is 11.7 Å². The van der Waals surface area contributed by atoms with Crippen molar-refractivity contribution in [3.63, 3.8) is 0 Å². The van der Waals surface area contributed by atoms with Crippen LogP contribution in [0.15, 0.2) is 40.2 Å². The number of aromatic nitrogens is 1. The third-order valence-electron chi connectivity index (χ3n) is 3.90. The molecule has 2 N–H and O–H groups in total. The van der Waals surface area contributed by atoms with E-state index in [1.807, 2.05) is 18.2 Å². The van der Waals surface area contributed by atoms with Crippen LogP contribution >= 0.6 is 11.9 Å². The van der Waals surface area contributed by atoms with Crippen molar-refractivity contribution < 1.29 is 9.53 Å². The molecule has 0 unspecified atom stereocenters. The zero-order valence-electron chi connectivity index (χ0n) is 13.8. The molecule has 0 spiro atoms. The van der Waals surface area contributed by atoms with Crippen LogP contribution in [0.25, 0.3) is 10.8 Å². The summed E-state index contributed by atoms with van der Waals surface area (Å²) in [4.78, 5) is 25.2. The molecule has 2 aromatic rings. The summed E-state index contributed by atoms with van der Waals surface area (Å²) in [5.41, 5.74) is 5.65. The standard InChI is InChI=1S/C17H21N3O3S/c1-11(2)17(22)23-10-19-7-6-13-14(16(19)21)4-3-5-15(13)24-20-8-12(18)9-20/h3-7,11-12H,8-10,18H2,1-2H3. The van der Waals surface area contributed by atoms with Gasteiger partial charge in [0.25, 0.3) is 5.56 Å². The number of ether oxygens (including phenoxy) is 1. The van der Waals surface area contributed by atoms with Crippen molar-refractivity contribution in [2.45, 2.75) is 31.5 Å². The largest absolute Gasteiger partial charge is 0.444 e. The highest BCUT2D eigenvalue weighted by molar-refractivity contribution is 7.97. The van der Waals surface area contributed by atoms with Crippen molar-refractivity contribution in [1.29, 1.82) is 0 Å². The van der Waals surface area contributed by atoms with Gasteiger partial charge >= 0.3 is 5.97 Å². The van der Waals surface area contributed by atoms with Crippen LogP contribution in [-0.2, 0) is 16.3 Å². The van der Waals surface area contributed by atoms with E-state index in [1.165, 1.54) is 4.57 Å². The molecule has 0 aliphatic carbocycles. The lowest BCUT2D eigenvalue weighted by atomic mass is 10.2. The maximum absolute atomic E-state index is 12.6. The Morgan fingerprint density at radius 1 is 1.33 bits per heavy atom. The van der Waals surface area contributed by atoms with Gasteiger partial charge in [0.1, 0.15) is 0 Å². The fraction of sp³-hybridized carbons (Fsp3) is 0.412.